The molecular formula is C30H37N3O6. The molecule has 2 N–H and O–H groups in total. The molecule has 0 radical (unpaired) electrons. The van der Waals surface area contributed by atoms with Gasteiger partial charge in [-0.25, -0.2) is 0 Å². The fourth-order valence-electron chi connectivity index (χ4n) is 5.81. The van der Waals surface area contributed by atoms with Crippen LogP contribution >= 0.6 is 0 Å². The highest BCUT2D eigenvalue weighted by atomic mass is 16.5. The van der Waals surface area contributed by atoms with Crippen LogP contribution in [0.5, 0.6) is 11.5 Å². The Kier molecular flexibility index (Phi) is 8.47. The maximum Gasteiger partial charge on any atom is 0.244 e. The SMILES string of the molecule is CCOc1ccc(CCC(=O)N2CCCC[C@@H]2COc2ccc3c(c2)CN(C2CCC(=O)NC2=O)C3O)cc1. The third-order valence-electron chi connectivity index (χ3n) is 7.92. The number of likely N-dealkylation sites (tertiary alicyclic amines) is 1. The average molecular weight is 536 g/mol. The van der Waals surface area contributed by atoms with E-state index >= 15 is 0 Å². The minimum Gasteiger partial charge on any atom is -0.494 e. The number of carbonyl (C=O) groups is 3. The highest BCUT2D eigenvalue weighted by Gasteiger charge is 2.39. The van der Waals surface area contributed by atoms with E-state index in [2.05, 4.69) is 5.32 Å². The number of carbonyl (C=O) groups excluding carboxylic acids is 3. The number of aryl methyl sites for hydroxylation is 1. The monoisotopic (exact) mass is 535 g/mol. The lowest BCUT2D eigenvalue weighted by molar-refractivity contribution is -0.142. The molecule has 0 bridgehead atoms. The van der Waals surface area contributed by atoms with Gasteiger partial charge in [-0.3, -0.25) is 24.6 Å². The third-order valence-corrected chi connectivity index (χ3v) is 7.92. The summed E-state index contributed by atoms with van der Waals surface area (Å²) in [4.78, 5) is 40.7. The van der Waals surface area contributed by atoms with Gasteiger partial charge in [-0.2, -0.15) is 0 Å². The lowest BCUT2D eigenvalue weighted by atomic mass is 10.0. The molecule has 3 heterocycles. The van der Waals surface area contributed by atoms with Gasteiger partial charge in [0.2, 0.25) is 17.7 Å². The van der Waals surface area contributed by atoms with Crippen molar-refractivity contribution in [2.45, 2.75) is 76.7 Å². The Labute approximate surface area is 229 Å². The van der Waals surface area contributed by atoms with Gasteiger partial charge >= 0.3 is 0 Å². The fourth-order valence-corrected chi connectivity index (χ4v) is 5.81. The molecule has 3 amide bonds. The molecule has 208 valence electrons. The highest BCUT2D eigenvalue weighted by molar-refractivity contribution is 6.00. The van der Waals surface area contributed by atoms with Crippen molar-refractivity contribution in [1.29, 1.82) is 0 Å². The van der Waals surface area contributed by atoms with Gasteiger partial charge < -0.3 is 19.5 Å². The number of nitrogens with zero attached hydrogens (tertiary/aromatic N) is 2. The summed E-state index contributed by atoms with van der Waals surface area (Å²) in [5.41, 5.74) is 2.76. The first-order chi connectivity index (χ1) is 18.9. The van der Waals surface area contributed by atoms with Crippen LogP contribution in [-0.2, 0) is 27.3 Å². The van der Waals surface area contributed by atoms with Crippen LogP contribution in [0.3, 0.4) is 0 Å². The van der Waals surface area contributed by atoms with Crippen LogP contribution in [0.25, 0.3) is 0 Å². The number of piperidine rings is 2. The number of aliphatic hydroxyl groups is 1. The second-order valence-corrected chi connectivity index (χ2v) is 10.5. The van der Waals surface area contributed by atoms with Crippen LogP contribution in [0.15, 0.2) is 42.5 Å². The molecule has 0 spiro atoms. The quantitative estimate of drug-likeness (QED) is 0.475. The maximum absolute atomic E-state index is 13.1. The largest absolute Gasteiger partial charge is 0.494 e. The molecule has 9 nitrogen and oxygen atoms in total. The van der Waals surface area contributed by atoms with Crippen LogP contribution in [0.1, 0.15) is 68.4 Å². The molecule has 9 heteroatoms. The van der Waals surface area contributed by atoms with Gasteiger partial charge in [0.25, 0.3) is 0 Å². The Morgan fingerprint density at radius 3 is 2.62 bits per heavy atom. The van der Waals surface area contributed by atoms with E-state index in [-0.39, 0.29) is 30.2 Å². The number of hydrogen-bond acceptors (Lipinski definition) is 7. The Hall–Kier alpha value is -3.43. The number of aliphatic hydroxyl groups excluding tert-OH is 1. The summed E-state index contributed by atoms with van der Waals surface area (Å²) in [7, 11) is 0. The zero-order valence-corrected chi connectivity index (χ0v) is 22.4. The van der Waals surface area contributed by atoms with Gasteiger partial charge in [0.05, 0.1) is 18.7 Å². The molecule has 2 unspecified atom stereocenters. The van der Waals surface area contributed by atoms with E-state index in [1.54, 1.807) is 4.90 Å². The lowest BCUT2D eigenvalue weighted by Gasteiger charge is -2.35. The van der Waals surface area contributed by atoms with Crippen LogP contribution in [0.4, 0.5) is 0 Å². The van der Waals surface area contributed by atoms with E-state index in [9.17, 15) is 19.5 Å². The number of benzene rings is 2. The number of imide groups is 1. The van der Waals surface area contributed by atoms with E-state index in [4.69, 9.17) is 9.47 Å². The van der Waals surface area contributed by atoms with Crippen LogP contribution < -0.4 is 14.8 Å². The van der Waals surface area contributed by atoms with Gasteiger partial charge in [0, 0.05) is 31.5 Å². The number of fused-ring (bicyclic) bond motifs is 1. The summed E-state index contributed by atoms with van der Waals surface area (Å²) in [6.45, 7) is 4.14. The van der Waals surface area contributed by atoms with Crippen molar-refractivity contribution in [3.8, 4) is 11.5 Å². The van der Waals surface area contributed by atoms with Crippen molar-refractivity contribution in [3.05, 3.63) is 59.2 Å². The highest BCUT2D eigenvalue weighted by Crippen LogP contribution is 2.37. The van der Waals surface area contributed by atoms with Crippen molar-refractivity contribution in [2.24, 2.45) is 0 Å². The Morgan fingerprint density at radius 1 is 1.05 bits per heavy atom. The minimum atomic E-state index is -0.903. The molecule has 3 atom stereocenters. The van der Waals surface area contributed by atoms with Gasteiger partial charge in [0.15, 0.2) is 0 Å². The van der Waals surface area contributed by atoms with Crippen molar-refractivity contribution in [3.63, 3.8) is 0 Å². The molecule has 2 saturated heterocycles. The molecule has 0 saturated carbocycles. The smallest absolute Gasteiger partial charge is 0.244 e. The number of amides is 3. The fraction of sp³-hybridized carbons (Fsp3) is 0.500. The second-order valence-electron chi connectivity index (χ2n) is 10.5. The normalized spacial score (nSPS) is 23.3. The molecule has 0 aliphatic carbocycles. The van der Waals surface area contributed by atoms with E-state index in [1.165, 1.54) is 0 Å². The van der Waals surface area contributed by atoms with Crippen LogP contribution in [0.2, 0.25) is 0 Å². The Morgan fingerprint density at radius 2 is 1.85 bits per heavy atom. The Bertz CT molecular complexity index is 1200. The predicted octanol–water partition coefficient (Wildman–Crippen LogP) is 3.09. The van der Waals surface area contributed by atoms with Crippen molar-refractivity contribution < 1.29 is 29.0 Å². The summed E-state index contributed by atoms with van der Waals surface area (Å²) in [6, 6.07) is 13.0. The van der Waals surface area contributed by atoms with Gasteiger partial charge in [-0.1, -0.05) is 18.2 Å². The summed E-state index contributed by atoms with van der Waals surface area (Å²) in [5.74, 6) is 1.03. The molecule has 5 rings (SSSR count). The second kappa shape index (κ2) is 12.2. The molecule has 2 aromatic rings. The van der Waals surface area contributed by atoms with E-state index in [1.807, 2.05) is 54.3 Å². The lowest BCUT2D eigenvalue weighted by Crippen LogP contribution is -2.51. The molecular weight excluding hydrogens is 498 g/mol. The van der Waals surface area contributed by atoms with Crippen molar-refractivity contribution in [1.82, 2.24) is 15.1 Å². The number of ether oxygens (including phenoxy) is 2. The minimum absolute atomic E-state index is 0.0189. The van der Waals surface area contributed by atoms with E-state index in [0.29, 0.717) is 44.8 Å². The van der Waals surface area contributed by atoms with E-state index < -0.39 is 12.3 Å². The average Bonchev–Trinajstić information content (AvgIpc) is 3.27. The van der Waals surface area contributed by atoms with Gasteiger partial charge in [-0.05, 0) is 74.4 Å². The first-order valence-corrected chi connectivity index (χ1v) is 14.0. The van der Waals surface area contributed by atoms with Gasteiger partial charge in [-0.15, -0.1) is 0 Å². The zero-order chi connectivity index (χ0) is 27.4. The van der Waals surface area contributed by atoms with Crippen LogP contribution in [-0.4, -0.2) is 64.5 Å². The topological polar surface area (TPSA) is 108 Å². The predicted molar refractivity (Wildman–Crippen MR) is 144 cm³/mol. The summed E-state index contributed by atoms with van der Waals surface area (Å²) < 4.78 is 11.7. The maximum atomic E-state index is 13.1. The summed E-state index contributed by atoms with van der Waals surface area (Å²) >= 11 is 0. The first-order valence-electron chi connectivity index (χ1n) is 14.0. The van der Waals surface area contributed by atoms with Gasteiger partial charge in [0.1, 0.15) is 24.3 Å². The number of rotatable bonds is 9. The summed E-state index contributed by atoms with van der Waals surface area (Å²) in [6.07, 6.45) is 3.86. The summed E-state index contributed by atoms with van der Waals surface area (Å²) in [5, 5.41) is 13.2. The molecule has 3 aliphatic heterocycles. The van der Waals surface area contributed by atoms with Crippen LogP contribution in [0, 0.1) is 0 Å². The number of hydrogen-bond donors (Lipinski definition) is 2. The Balaban J connectivity index is 1.16. The van der Waals surface area contributed by atoms with Crippen molar-refractivity contribution in [2.75, 3.05) is 19.8 Å². The molecule has 2 fully saturated rings. The third kappa shape index (κ3) is 6.25. The van der Waals surface area contributed by atoms with E-state index in [0.717, 1.165) is 48.2 Å². The first kappa shape index (κ1) is 27.1. The molecule has 3 aliphatic rings. The molecule has 0 aromatic heterocycles. The molecule has 2 aromatic carbocycles. The standard InChI is InChI=1S/C30H37N3O6/c1-2-38-23-9-6-20(7-10-23)8-15-28(35)32-16-4-3-5-22(32)19-39-24-11-12-25-21(17-24)18-33(30(25)37)26-13-14-27(34)31-29(26)36/h6-7,9-12,17,22,26,30,37H,2-5,8,13-16,18-19H2,1H3,(H,31,34,36)/t22-,26?,30?/m1/s1. The number of nitrogens with one attached hydrogen (secondary N) is 1. The zero-order valence-electron chi connectivity index (χ0n) is 22.4. The van der Waals surface area contributed by atoms with Crippen molar-refractivity contribution >= 4 is 17.7 Å². The molecule has 39 heavy (non-hydrogen) atoms.